The minimum absolute atomic E-state index is 0.160. The highest BCUT2D eigenvalue weighted by molar-refractivity contribution is 5.95. The molecule has 3 N–H and O–H groups in total. The van der Waals surface area contributed by atoms with Gasteiger partial charge in [0, 0.05) is 24.1 Å². The van der Waals surface area contributed by atoms with Gasteiger partial charge < -0.3 is 11.1 Å². The number of hydrogen-bond donors (Lipinski definition) is 2. The quantitative estimate of drug-likeness (QED) is 0.720. The first-order valence-electron chi connectivity index (χ1n) is 8.62. The van der Waals surface area contributed by atoms with Crippen molar-refractivity contribution in [2.75, 3.05) is 5.32 Å². The zero-order chi connectivity index (χ0) is 17.2. The molecule has 3 aromatic rings. The predicted molar refractivity (Wildman–Crippen MR) is 103 cm³/mol. The van der Waals surface area contributed by atoms with Crippen molar-refractivity contribution in [3.8, 4) is 0 Å². The maximum atomic E-state index is 12.4. The fourth-order valence-electron chi connectivity index (χ4n) is 3.27. The highest BCUT2D eigenvalue weighted by Crippen LogP contribution is 2.27. The Hall–Kier alpha value is -2.85. The smallest absolute Gasteiger partial charge is 0.327 e. The van der Waals surface area contributed by atoms with E-state index in [1.54, 1.807) is 4.57 Å². The number of hydrogen-bond acceptors (Lipinski definition) is 2. The highest BCUT2D eigenvalue weighted by Gasteiger charge is 2.12. The molecule has 1 unspecified atom stereocenters. The minimum atomic E-state index is -0.160. The molecule has 1 aliphatic rings. The standard InChI is InChI=1S/C21H21N3O/c22-19-9-5-15(6-10-19)16-7-11-20(12-8-16)23-21(25)24-13-17-3-1-2-4-18(17)14-24/h1-5,7-8,11-14,19H,6,9-10,22H2,(H,23,25). The van der Waals surface area contributed by atoms with Crippen LogP contribution in [0.5, 0.6) is 0 Å². The summed E-state index contributed by atoms with van der Waals surface area (Å²) in [6.45, 7) is 0. The Morgan fingerprint density at radius 2 is 1.72 bits per heavy atom. The highest BCUT2D eigenvalue weighted by atomic mass is 16.2. The van der Waals surface area contributed by atoms with Crippen LogP contribution >= 0.6 is 0 Å². The molecule has 0 saturated heterocycles. The zero-order valence-corrected chi connectivity index (χ0v) is 14.0. The third kappa shape index (κ3) is 3.35. The van der Waals surface area contributed by atoms with Crippen LogP contribution in [0.3, 0.4) is 0 Å². The molecule has 1 aromatic heterocycles. The van der Waals surface area contributed by atoms with Gasteiger partial charge in [-0.05, 0) is 53.3 Å². The minimum Gasteiger partial charge on any atom is -0.327 e. The van der Waals surface area contributed by atoms with E-state index in [2.05, 4.69) is 23.5 Å². The molecule has 0 aliphatic heterocycles. The van der Waals surface area contributed by atoms with E-state index >= 15 is 0 Å². The van der Waals surface area contributed by atoms with Crippen molar-refractivity contribution in [1.82, 2.24) is 4.57 Å². The van der Waals surface area contributed by atoms with Crippen molar-refractivity contribution in [3.63, 3.8) is 0 Å². The molecule has 4 nitrogen and oxygen atoms in total. The molecule has 4 rings (SSSR count). The van der Waals surface area contributed by atoms with Crippen molar-refractivity contribution in [1.29, 1.82) is 0 Å². The lowest BCUT2D eigenvalue weighted by molar-refractivity contribution is 0.253. The first kappa shape index (κ1) is 15.7. The van der Waals surface area contributed by atoms with E-state index in [1.807, 2.05) is 48.8 Å². The van der Waals surface area contributed by atoms with Gasteiger partial charge in [0.05, 0.1) is 0 Å². The van der Waals surface area contributed by atoms with E-state index < -0.39 is 0 Å². The van der Waals surface area contributed by atoms with Crippen LogP contribution in [-0.2, 0) is 0 Å². The van der Waals surface area contributed by atoms with Crippen LogP contribution in [0.4, 0.5) is 10.5 Å². The van der Waals surface area contributed by atoms with E-state index in [4.69, 9.17) is 5.73 Å². The van der Waals surface area contributed by atoms with Gasteiger partial charge in [-0.15, -0.1) is 0 Å². The maximum absolute atomic E-state index is 12.4. The second-order valence-corrected chi connectivity index (χ2v) is 6.57. The molecule has 0 fully saturated rings. The van der Waals surface area contributed by atoms with Gasteiger partial charge in [0.1, 0.15) is 0 Å². The summed E-state index contributed by atoms with van der Waals surface area (Å²) in [5, 5.41) is 5.04. The average molecular weight is 331 g/mol. The average Bonchev–Trinajstić information content (AvgIpc) is 3.07. The number of amides is 1. The summed E-state index contributed by atoms with van der Waals surface area (Å²) in [4.78, 5) is 12.4. The van der Waals surface area contributed by atoms with Crippen molar-refractivity contribution >= 4 is 28.1 Å². The Balaban J connectivity index is 1.48. The molecule has 0 spiro atoms. The first-order chi connectivity index (χ1) is 12.2. The van der Waals surface area contributed by atoms with Gasteiger partial charge in [-0.1, -0.05) is 42.5 Å². The number of carbonyl (C=O) groups excluding carboxylic acids is 1. The lowest BCUT2D eigenvalue weighted by Gasteiger charge is -2.18. The van der Waals surface area contributed by atoms with E-state index in [9.17, 15) is 4.79 Å². The molecule has 1 aliphatic carbocycles. The largest absolute Gasteiger partial charge is 0.329 e. The molecule has 1 amide bonds. The zero-order valence-electron chi connectivity index (χ0n) is 14.0. The fraction of sp³-hybridized carbons (Fsp3) is 0.190. The van der Waals surface area contributed by atoms with Crippen LogP contribution in [0, 0.1) is 0 Å². The SMILES string of the molecule is NC1CC=C(c2ccc(NC(=O)n3cc4ccccc4c3)cc2)CC1. The molecule has 126 valence electrons. The Kier molecular flexibility index (Phi) is 4.12. The third-order valence-corrected chi connectivity index (χ3v) is 4.75. The maximum Gasteiger partial charge on any atom is 0.329 e. The van der Waals surface area contributed by atoms with E-state index in [0.717, 1.165) is 35.7 Å². The number of rotatable bonds is 2. The predicted octanol–water partition coefficient (Wildman–Crippen LogP) is 4.62. The van der Waals surface area contributed by atoms with Gasteiger partial charge in [0.15, 0.2) is 0 Å². The van der Waals surface area contributed by atoms with E-state index in [0.29, 0.717) is 6.04 Å². The van der Waals surface area contributed by atoms with Gasteiger partial charge in [-0.3, -0.25) is 4.57 Å². The number of benzene rings is 2. The molecule has 0 radical (unpaired) electrons. The number of nitrogens with one attached hydrogen (secondary N) is 1. The van der Waals surface area contributed by atoms with Crippen LogP contribution < -0.4 is 11.1 Å². The second kappa shape index (κ2) is 6.57. The molecule has 2 aromatic carbocycles. The fourth-order valence-corrected chi connectivity index (χ4v) is 3.27. The van der Waals surface area contributed by atoms with Gasteiger partial charge in [0.25, 0.3) is 0 Å². The van der Waals surface area contributed by atoms with Crippen LogP contribution in [0.2, 0.25) is 0 Å². The number of anilines is 1. The first-order valence-corrected chi connectivity index (χ1v) is 8.62. The second-order valence-electron chi connectivity index (χ2n) is 6.57. The van der Waals surface area contributed by atoms with Crippen molar-refractivity contribution < 1.29 is 4.79 Å². The number of fused-ring (bicyclic) bond motifs is 1. The van der Waals surface area contributed by atoms with Gasteiger partial charge in [-0.2, -0.15) is 0 Å². The van der Waals surface area contributed by atoms with Gasteiger partial charge in [0.2, 0.25) is 0 Å². The molecule has 1 atom stereocenters. The Morgan fingerprint density at radius 1 is 1.04 bits per heavy atom. The van der Waals surface area contributed by atoms with Crippen molar-refractivity contribution in [2.24, 2.45) is 5.73 Å². The summed E-state index contributed by atoms with van der Waals surface area (Å²) >= 11 is 0. The normalized spacial score (nSPS) is 17.3. The Bertz CT molecular complexity index is 904. The van der Waals surface area contributed by atoms with E-state index in [-0.39, 0.29) is 6.03 Å². The molecule has 0 saturated carbocycles. The molecular formula is C21H21N3O. The van der Waals surface area contributed by atoms with Crippen molar-refractivity contribution in [3.05, 3.63) is 72.6 Å². The number of carbonyl (C=O) groups is 1. The number of allylic oxidation sites excluding steroid dienone is 1. The van der Waals surface area contributed by atoms with Crippen LogP contribution in [0.15, 0.2) is 67.0 Å². The van der Waals surface area contributed by atoms with Gasteiger partial charge >= 0.3 is 6.03 Å². The molecule has 1 heterocycles. The van der Waals surface area contributed by atoms with Crippen LogP contribution in [-0.4, -0.2) is 16.6 Å². The summed E-state index contributed by atoms with van der Waals surface area (Å²) in [7, 11) is 0. The molecule has 4 heteroatoms. The summed E-state index contributed by atoms with van der Waals surface area (Å²) in [6.07, 6.45) is 8.90. The lowest BCUT2D eigenvalue weighted by Crippen LogP contribution is -2.21. The summed E-state index contributed by atoms with van der Waals surface area (Å²) in [6, 6.07) is 16.1. The Labute approximate surface area is 146 Å². The van der Waals surface area contributed by atoms with E-state index in [1.165, 1.54) is 11.1 Å². The van der Waals surface area contributed by atoms with Crippen LogP contribution in [0.25, 0.3) is 16.3 Å². The van der Waals surface area contributed by atoms with Crippen molar-refractivity contribution in [2.45, 2.75) is 25.3 Å². The topological polar surface area (TPSA) is 60.0 Å². The van der Waals surface area contributed by atoms with Crippen LogP contribution in [0.1, 0.15) is 24.8 Å². The Morgan fingerprint density at radius 3 is 2.32 bits per heavy atom. The summed E-state index contributed by atoms with van der Waals surface area (Å²) < 4.78 is 1.59. The number of aromatic nitrogens is 1. The number of nitrogens with two attached hydrogens (primary N) is 1. The molecule has 25 heavy (non-hydrogen) atoms. The third-order valence-electron chi connectivity index (χ3n) is 4.75. The molecule has 0 bridgehead atoms. The van der Waals surface area contributed by atoms with Gasteiger partial charge in [-0.25, -0.2) is 4.79 Å². The number of nitrogens with zero attached hydrogens (tertiary/aromatic N) is 1. The summed E-state index contributed by atoms with van der Waals surface area (Å²) in [5.74, 6) is 0. The summed E-state index contributed by atoms with van der Waals surface area (Å²) in [5.41, 5.74) is 9.28. The monoisotopic (exact) mass is 331 g/mol. The molecular weight excluding hydrogens is 310 g/mol. The lowest BCUT2D eigenvalue weighted by atomic mass is 9.91.